The lowest BCUT2D eigenvalue weighted by Crippen LogP contribution is -2.15. The Bertz CT molecular complexity index is 223. The Labute approximate surface area is 80.0 Å². The molecular weight excluding hydrogens is 220 g/mol. The van der Waals surface area contributed by atoms with Crippen LogP contribution in [0.15, 0.2) is 30.3 Å². The fraction of sp³-hybridized carbons (Fsp3) is 0.333. The quantitative estimate of drug-likeness (QED) is 0.773. The predicted molar refractivity (Wildman–Crippen MR) is 51.2 cm³/mol. The van der Waals surface area contributed by atoms with Gasteiger partial charge < -0.3 is 10.2 Å². The van der Waals surface area contributed by atoms with Gasteiger partial charge in [-0.3, -0.25) is 0 Å². The number of aliphatic hydroxyl groups is 2. The largest absolute Gasteiger partial charge is 0.396 e. The summed E-state index contributed by atoms with van der Waals surface area (Å²) in [6.07, 6.45) is 0. The lowest BCUT2D eigenvalue weighted by atomic mass is 10.0. The van der Waals surface area contributed by atoms with Crippen LogP contribution in [0, 0.1) is 0 Å². The molecule has 0 amide bonds. The predicted octanol–water partition coefficient (Wildman–Crippen LogP) is 1.48. The number of benzene rings is 1. The Morgan fingerprint density at radius 2 is 1.83 bits per heavy atom. The second kappa shape index (κ2) is 4.60. The first-order valence-electron chi connectivity index (χ1n) is 3.73. The zero-order chi connectivity index (χ0) is 8.97. The molecule has 0 bridgehead atoms. The summed E-state index contributed by atoms with van der Waals surface area (Å²) in [6.45, 7) is -0.0591. The summed E-state index contributed by atoms with van der Waals surface area (Å²) in [5.41, 5.74) is 0.935. The smallest absolute Gasteiger partial charge is 0.118 e. The molecule has 0 aliphatic rings. The summed E-state index contributed by atoms with van der Waals surface area (Å²) in [5.74, 6) is -0.244. The molecule has 1 aromatic rings. The van der Waals surface area contributed by atoms with E-state index in [9.17, 15) is 5.11 Å². The monoisotopic (exact) mass is 230 g/mol. The van der Waals surface area contributed by atoms with Gasteiger partial charge in [0.2, 0.25) is 0 Å². The molecule has 0 radical (unpaired) electrons. The van der Waals surface area contributed by atoms with Crippen molar-refractivity contribution in [2.45, 2.75) is 10.9 Å². The van der Waals surface area contributed by atoms with Gasteiger partial charge in [0.1, 0.15) is 5.01 Å². The highest BCUT2D eigenvalue weighted by molar-refractivity contribution is 9.09. The first-order chi connectivity index (χ1) is 5.75. The van der Waals surface area contributed by atoms with Crippen LogP contribution in [0.3, 0.4) is 0 Å². The van der Waals surface area contributed by atoms with Crippen molar-refractivity contribution in [3.63, 3.8) is 0 Å². The molecule has 2 unspecified atom stereocenters. The third-order valence-corrected chi connectivity index (χ3v) is 2.39. The zero-order valence-corrected chi connectivity index (χ0v) is 8.11. The van der Waals surface area contributed by atoms with Crippen molar-refractivity contribution in [3.8, 4) is 0 Å². The van der Waals surface area contributed by atoms with Crippen molar-refractivity contribution >= 4 is 15.9 Å². The van der Waals surface area contributed by atoms with Crippen LogP contribution in [0.25, 0.3) is 0 Å². The topological polar surface area (TPSA) is 40.5 Å². The minimum atomic E-state index is -0.690. The van der Waals surface area contributed by atoms with E-state index in [0.29, 0.717) is 0 Å². The second-order valence-electron chi connectivity index (χ2n) is 2.57. The first kappa shape index (κ1) is 9.71. The molecule has 0 saturated carbocycles. The van der Waals surface area contributed by atoms with Crippen LogP contribution in [0.4, 0.5) is 0 Å². The number of halogens is 1. The van der Waals surface area contributed by atoms with Gasteiger partial charge in [-0.2, -0.15) is 0 Å². The Hall–Kier alpha value is -0.380. The number of aliphatic hydroxyl groups excluding tert-OH is 2. The van der Waals surface area contributed by atoms with Gasteiger partial charge in [-0.15, -0.1) is 0 Å². The number of hydrogen-bond acceptors (Lipinski definition) is 2. The van der Waals surface area contributed by atoms with Gasteiger partial charge in [0.25, 0.3) is 0 Å². The van der Waals surface area contributed by atoms with Crippen molar-refractivity contribution in [3.05, 3.63) is 35.9 Å². The molecule has 0 heterocycles. The third-order valence-electron chi connectivity index (χ3n) is 1.76. The van der Waals surface area contributed by atoms with Gasteiger partial charge in [-0.05, 0) is 5.56 Å². The Morgan fingerprint density at radius 3 is 2.25 bits per heavy atom. The molecule has 2 atom stereocenters. The summed E-state index contributed by atoms with van der Waals surface area (Å²) in [5, 5.41) is 17.5. The third kappa shape index (κ3) is 2.30. The maximum absolute atomic E-state index is 9.22. The van der Waals surface area contributed by atoms with E-state index in [1.807, 2.05) is 30.3 Å². The van der Waals surface area contributed by atoms with E-state index in [1.165, 1.54) is 0 Å². The molecule has 1 rings (SSSR count). The lowest BCUT2D eigenvalue weighted by molar-refractivity contribution is 0.174. The van der Waals surface area contributed by atoms with Crippen LogP contribution in [0.5, 0.6) is 0 Å². The molecule has 2 N–H and O–H groups in total. The first-order valence-corrected chi connectivity index (χ1v) is 4.65. The Morgan fingerprint density at radius 1 is 1.25 bits per heavy atom. The van der Waals surface area contributed by atoms with Gasteiger partial charge in [-0.1, -0.05) is 46.3 Å². The van der Waals surface area contributed by atoms with Crippen LogP contribution in [-0.4, -0.2) is 21.8 Å². The second-order valence-corrected chi connectivity index (χ2v) is 3.51. The van der Waals surface area contributed by atoms with Gasteiger partial charge in [0.05, 0.1) is 6.61 Å². The van der Waals surface area contributed by atoms with E-state index >= 15 is 0 Å². The lowest BCUT2D eigenvalue weighted by Gasteiger charge is -2.15. The van der Waals surface area contributed by atoms with E-state index in [4.69, 9.17) is 5.11 Å². The maximum Gasteiger partial charge on any atom is 0.118 e. The highest BCUT2D eigenvalue weighted by Gasteiger charge is 2.16. The fourth-order valence-corrected chi connectivity index (χ4v) is 1.52. The summed E-state index contributed by atoms with van der Waals surface area (Å²) >= 11 is 3.03. The summed E-state index contributed by atoms with van der Waals surface area (Å²) in [7, 11) is 0. The molecule has 66 valence electrons. The molecule has 1 aromatic carbocycles. The van der Waals surface area contributed by atoms with Gasteiger partial charge in [0, 0.05) is 5.92 Å². The van der Waals surface area contributed by atoms with Gasteiger partial charge in [0.15, 0.2) is 0 Å². The zero-order valence-electron chi connectivity index (χ0n) is 6.52. The maximum atomic E-state index is 9.22. The number of rotatable bonds is 3. The van der Waals surface area contributed by atoms with Crippen molar-refractivity contribution in [1.82, 2.24) is 0 Å². The molecule has 0 aromatic heterocycles. The molecule has 0 fully saturated rings. The minimum absolute atomic E-state index is 0.0591. The fourth-order valence-electron chi connectivity index (χ4n) is 1.05. The van der Waals surface area contributed by atoms with E-state index < -0.39 is 5.01 Å². The average molecular weight is 231 g/mol. The number of alkyl halides is 1. The van der Waals surface area contributed by atoms with Crippen LogP contribution in [0.1, 0.15) is 11.5 Å². The molecule has 3 heteroatoms. The molecule has 0 spiro atoms. The summed E-state index contributed by atoms with van der Waals surface area (Å²) in [6, 6.07) is 9.43. The van der Waals surface area contributed by atoms with Crippen LogP contribution in [-0.2, 0) is 0 Å². The van der Waals surface area contributed by atoms with Crippen molar-refractivity contribution in [2.75, 3.05) is 6.61 Å². The highest BCUT2D eigenvalue weighted by Crippen LogP contribution is 2.22. The standard InChI is InChI=1S/C9H11BrO2/c10-9(12)8(6-11)7-4-2-1-3-5-7/h1-5,8-9,11-12H,6H2. The van der Waals surface area contributed by atoms with E-state index in [1.54, 1.807) is 0 Å². The Balaban J connectivity index is 2.80. The van der Waals surface area contributed by atoms with Crippen molar-refractivity contribution < 1.29 is 10.2 Å². The SMILES string of the molecule is OCC(c1ccccc1)C(O)Br. The van der Waals surface area contributed by atoms with Gasteiger partial charge in [-0.25, -0.2) is 0 Å². The summed E-state index contributed by atoms with van der Waals surface area (Å²) in [4.78, 5) is 0. The highest BCUT2D eigenvalue weighted by atomic mass is 79.9. The number of hydrogen-bond donors (Lipinski definition) is 2. The van der Waals surface area contributed by atoms with E-state index in [2.05, 4.69) is 15.9 Å². The molecule has 2 nitrogen and oxygen atoms in total. The minimum Gasteiger partial charge on any atom is -0.396 e. The molecule has 0 saturated heterocycles. The van der Waals surface area contributed by atoms with Crippen LogP contribution < -0.4 is 0 Å². The van der Waals surface area contributed by atoms with Crippen LogP contribution in [0.2, 0.25) is 0 Å². The van der Waals surface area contributed by atoms with Crippen molar-refractivity contribution in [2.24, 2.45) is 0 Å². The average Bonchev–Trinajstić information content (AvgIpc) is 2.07. The summed E-state index contributed by atoms with van der Waals surface area (Å²) < 4.78 is 0. The normalized spacial score (nSPS) is 15.6. The van der Waals surface area contributed by atoms with Crippen LogP contribution >= 0.6 is 15.9 Å². The Kier molecular flexibility index (Phi) is 3.72. The molecule has 0 aliphatic heterocycles. The van der Waals surface area contributed by atoms with E-state index in [-0.39, 0.29) is 12.5 Å². The molecule has 0 aliphatic carbocycles. The van der Waals surface area contributed by atoms with Crippen molar-refractivity contribution in [1.29, 1.82) is 0 Å². The molecular formula is C9H11BrO2. The van der Waals surface area contributed by atoms with E-state index in [0.717, 1.165) is 5.56 Å². The molecule has 12 heavy (non-hydrogen) atoms. The van der Waals surface area contributed by atoms with Gasteiger partial charge >= 0.3 is 0 Å².